The number of nitrogens with zero attached hydrogens (tertiary/aromatic N) is 2. The number of hydrogen-bond donors (Lipinski definition) is 1. The van der Waals surface area contributed by atoms with Gasteiger partial charge in [0.1, 0.15) is 12.1 Å². The number of hydroxylamine groups is 2. The Morgan fingerprint density at radius 1 is 1.44 bits per heavy atom. The number of fused-ring (bicyclic) bond motifs is 1. The van der Waals surface area contributed by atoms with Gasteiger partial charge >= 0.3 is 0 Å². The largest absolute Gasteiger partial charge is 0.329 e. The van der Waals surface area contributed by atoms with Gasteiger partial charge in [0.2, 0.25) is 5.91 Å². The van der Waals surface area contributed by atoms with Crippen molar-refractivity contribution in [3.05, 3.63) is 0 Å². The maximum atomic E-state index is 12.1. The Kier molecular flexibility index (Phi) is 2.88. The van der Waals surface area contributed by atoms with Crippen LogP contribution in [0.4, 0.5) is 0 Å². The molecule has 5 nitrogen and oxygen atoms in total. The summed E-state index contributed by atoms with van der Waals surface area (Å²) in [5.41, 5.74) is 0. The second-order valence-corrected chi connectivity index (χ2v) is 4.70. The van der Waals surface area contributed by atoms with E-state index in [1.54, 1.807) is 4.90 Å². The zero-order valence-corrected chi connectivity index (χ0v) is 9.72. The van der Waals surface area contributed by atoms with Crippen LogP contribution in [0.15, 0.2) is 0 Å². The average Bonchev–Trinajstić information content (AvgIpc) is 2.75. The lowest BCUT2D eigenvalue weighted by Gasteiger charge is -2.40. The van der Waals surface area contributed by atoms with Gasteiger partial charge in [-0.3, -0.25) is 14.8 Å². The van der Waals surface area contributed by atoms with Crippen LogP contribution in [0.1, 0.15) is 33.1 Å². The monoisotopic (exact) mass is 226 g/mol. The first-order valence-electron chi connectivity index (χ1n) is 5.90. The highest BCUT2D eigenvalue weighted by molar-refractivity contribution is 5.96. The molecule has 2 rings (SSSR count). The minimum atomic E-state index is -0.688. The average molecular weight is 226 g/mol. The third-order valence-corrected chi connectivity index (χ3v) is 3.75. The summed E-state index contributed by atoms with van der Waals surface area (Å²) < 4.78 is 0. The standard InChI is InChI=1S/C11H18N2O3/c1-3-7(2)9-11(15)12-6-4-5-8(12)10(14)13(9)16/h7-9,16H,3-6H2,1-2H3. The number of piperazine rings is 1. The second-order valence-electron chi connectivity index (χ2n) is 4.70. The van der Waals surface area contributed by atoms with Gasteiger partial charge in [0, 0.05) is 6.54 Å². The van der Waals surface area contributed by atoms with Crippen LogP contribution in [0, 0.1) is 5.92 Å². The Morgan fingerprint density at radius 2 is 2.12 bits per heavy atom. The van der Waals surface area contributed by atoms with Crippen molar-refractivity contribution < 1.29 is 14.8 Å². The summed E-state index contributed by atoms with van der Waals surface area (Å²) in [4.78, 5) is 25.6. The molecule has 0 radical (unpaired) electrons. The molecule has 0 aliphatic carbocycles. The molecular formula is C11H18N2O3. The fourth-order valence-electron chi connectivity index (χ4n) is 2.56. The van der Waals surface area contributed by atoms with Gasteiger partial charge in [0.15, 0.2) is 0 Å². The topological polar surface area (TPSA) is 60.9 Å². The van der Waals surface area contributed by atoms with Crippen molar-refractivity contribution in [1.82, 2.24) is 9.96 Å². The quantitative estimate of drug-likeness (QED) is 0.702. The molecule has 2 aliphatic heterocycles. The summed E-state index contributed by atoms with van der Waals surface area (Å²) in [6.45, 7) is 4.48. The molecule has 3 unspecified atom stereocenters. The molecule has 1 N–H and O–H groups in total. The molecule has 0 bridgehead atoms. The fraction of sp³-hybridized carbons (Fsp3) is 0.818. The molecule has 90 valence electrons. The van der Waals surface area contributed by atoms with E-state index >= 15 is 0 Å². The summed E-state index contributed by atoms with van der Waals surface area (Å²) in [6.07, 6.45) is 2.29. The molecule has 0 aromatic rings. The Balaban J connectivity index is 2.26. The normalized spacial score (nSPS) is 31.9. The molecule has 2 amide bonds. The highest BCUT2D eigenvalue weighted by Gasteiger charge is 2.49. The Morgan fingerprint density at radius 3 is 2.75 bits per heavy atom. The molecule has 2 fully saturated rings. The van der Waals surface area contributed by atoms with E-state index in [9.17, 15) is 14.8 Å². The molecular weight excluding hydrogens is 208 g/mol. The van der Waals surface area contributed by atoms with Crippen LogP contribution >= 0.6 is 0 Å². The second kappa shape index (κ2) is 4.05. The number of carbonyl (C=O) groups excluding carboxylic acids is 2. The van der Waals surface area contributed by atoms with E-state index in [0.29, 0.717) is 18.0 Å². The third-order valence-electron chi connectivity index (χ3n) is 3.75. The molecule has 2 heterocycles. The number of hydrogen-bond acceptors (Lipinski definition) is 3. The Bertz CT molecular complexity index is 318. The Labute approximate surface area is 95.0 Å². The fourth-order valence-corrected chi connectivity index (χ4v) is 2.56. The molecule has 0 spiro atoms. The summed E-state index contributed by atoms with van der Waals surface area (Å²) in [7, 11) is 0. The van der Waals surface area contributed by atoms with Gasteiger partial charge in [-0.25, -0.2) is 5.06 Å². The first kappa shape index (κ1) is 11.4. The van der Waals surface area contributed by atoms with E-state index in [4.69, 9.17) is 0 Å². The van der Waals surface area contributed by atoms with Crippen LogP contribution < -0.4 is 0 Å². The molecule has 2 saturated heterocycles. The van der Waals surface area contributed by atoms with Crippen molar-refractivity contribution in [2.24, 2.45) is 5.92 Å². The summed E-state index contributed by atoms with van der Waals surface area (Å²) in [5.74, 6) is -0.427. The molecule has 2 aliphatic rings. The SMILES string of the molecule is CCC(C)C1C(=O)N2CCCC2C(=O)N1O. The smallest absolute Gasteiger partial charge is 0.269 e. The van der Waals surface area contributed by atoms with E-state index in [1.165, 1.54) is 0 Å². The highest BCUT2D eigenvalue weighted by Crippen LogP contribution is 2.29. The predicted octanol–water partition coefficient (Wildman–Crippen LogP) is 0.623. The van der Waals surface area contributed by atoms with Crippen LogP contribution in [0.2, 0.25) is 0 Å². The van der Waals surface area contributed by atoms with Crippen LogP contribution in [0.3, 0.4) is 0 Å². The molecule has 16 heavy (non-hydrogen) atoms. The number of carbonyl (C=O) groups is 2. The Hall–Kier alpha value is -1.10. The van der Waals surface area contributed by atoms with Gasteiger partial charge in [0.25, 0.3) is 5.91 Å². The van der Waals surface area contributed by atoms with E-state index in [1.807, 2.05) is 13.8 Å². The lowest BCUT2D eigenvalue weighted by atomic mass is 9.94. The number of amides is 2. The summed E-state index contributed by atoms with van der Waals surface area (Å²) >= 11 is 0. The van der Waals surface area contributed by atoms with Crippen LogP contribution in [-0.2, 0) is 9.59 Å². The van der Waals surface area contributed by atoms with E-state index in [-0.39, 0.29) is 17.7 Å². The minimum Gasteiger partial charge on any atom is -0.329 e. The maximum absolute atomic E-state index is 12.1. The summed E-state index contributed by atoms with van der Waals surface area (Å²) in [5, 5.41) is 10.5. The molecule has 0 aromatic heterocycles. The maximum Gasteiger partial charge on any atom is 0.269 e. The highest BCUT2D eigenvalue weighted by atomic mass is 16.5. The summed E-state index contributed by atoms with van der Waals surface area (Å²) in [6, 6.07) is -1.11. The van der Waals surface area contributed by atoms with Gasteiger partial charge < -0.3 is 4.90 Å². The van der Waals surface area contributed by atoms with E-state index in [0.717, 1.165) is 12.8 Å². The molecule has 0 saturated carbocycles. The van der Waals surface area contributed by atoms with E-state index < -0.39 is 12.1 Å². The zero-order chi connectivity index (χ0) is 11.9. The van der Waals surface area contributed by atoms with Gasteiger partial charge in [-0.05, 0) is 18.8 Å². The van der Waals surface area contributed by atoms with Crippen molar-refractivity contribution in [3.8, 4) is 0 Å². The van der Waals surface area contributed by atoms with Gasteiger partial charge in [-0.15, -0.1) is 0 Å². The molecule has 3 atom stereocenters. The predicted molar refractivity (Wildman–Crippen MR) is 56.6 cm³/mol. The van der Waals surface area contributed by atoms with Crippen molar-refractivity contribution in [3.63, 3.8) is 0 Å². The zero-order valence-electron chi connectivity index (χ0n) is 9.72. The van der Waals surface area contributed by atoms with E-state index in [2.05, 4.69) is 0 Å². The molecule has 0 aromatic carbocycles. The van der Waals surface area contributed by atoms with Gasteiger partial charge in [-0.1, -0.05) is 20.3 Å². The van der Waals surface area contributed by atoms with Crippen molar-refractivity contribution in [2.45, 2.75) is 45.2 Å². The van der Waals surface area contributed by atoms with Crippen LogP contribution in [-0.4, -0.2) is 45.6 Å². The van der Waals surface area contributed by atoms with Gasteiger partial charge in [0.05, 0.1) is 0 Å². The lowest BCUT2D eigenvalue weighted by molar-refractivity contribution is -0.202. The molecule has 5 heteroatoms. The van der Waals surface area contributed by atoms with Crippen LogP contribution in [0.25, 0.3) is 0 Å². The first-order chi connectivity index (χ1) is 7.57. The first-order valence-corrected chi connectivity index (χ1v) is 5.90. The van der Waals surface area contributed by atoms with Crippen molar-refractivity contribution in [2.75, 3.05) is 6.54 Å². The van der Waals surface area contributed by atoms with Crippen LogP contribution in [0.5, 0.6) is 0 Å². The van der Waals surface area contributed by atoms with Gasteiger partial charge in [-0.2, -0.15) is 0 Å². The lowest BCUT2D eigenvalue weighted by Crippen LogP contribution is -2.63. The minimum absolute atomic E-state index is 0.0111. The number of rotatable bonds is 2. The third kappa shape index (κ3) is 1.50. The van der Waals surface area contributed by atoms with Crippen molar-refractivity contribution >= 4 is 11.8 Å². The van der Waals surface area contributed by atoms with Crippen molar-refractivity contribution in [1.29, 1.82) is 0 Å².